The first-order valence-corrected chi connectivity index (χ1v) is 11.5. The highest BCUT2D eigenvalue weighted by molar-refractivity contribution is 7.99. The van der Waals surface area contributed by atoms with Gasteiger partial charge in [0.1, 0.15) is 0 Å². The van der Waals surface area contributed by atoms with Gasteiger partial charge in [-0.2, -0.15) is 0 Å². The Labute approximate surface area is 197 Å². The van der Waals surface area contributed by atoms with Crippen LogP contribution in [0.2, 0.25) is 5.02 Å². The molecule has 3 aromatic rings. The number of fused-ring (bicyclic) bond motifs is 2. The molecule has 4 rings (SSSR count). The Balaban J connectivity index is 1.52. The van der Waals surface area contributed by atoms with Gasteiger partial charge in [-0.3, -0.25) is 14.2 Å². The van der Waals surface area contributed by atoms with Crippen molar-refractivity contribution >= 4 is 45.9 Å². The summed E-state index contributed by atoms with van der Waals surface area (Å²) >= 11 is 7.16. The van der Waals surface area contributed by atoms with Gasteiger partial charge in [-0.05, 0) is 42.7 Å². The molecule has 0 saturated heterocycles. The summed E-state index contributed by atoms with van der Waals surface area (Å²) < 4.78 is 36.7. The minimum absolute atomic E-state index is 0.0508. The lowest BCUT2D eigenvalue weighted by Crippen LogP contribution is -2.25. The van der Waals surface area contributed by atoms with Gasteiger partial charge < -0.3 is 14.8 Å². The van der Waals surface area contributed by atoms with Crippen molar-refractivity contribution in [3.63, 3.8) is 0 Å². The van der Waals surface area contributed by atoms with Crippen LogP contribution in [0.25, 0.3) is 10.9 Å². The number of halogens is 3. The van der Waals surface area contributed by atoms with Crippen LogP contribution in [0.4, 0.5) is 14.5 Å². The summed E-state index contributed by atoms with van der Waals surface area (Å²) in [5.74, 6) is -0.356. The van der Waals surface area contributed by atoms with E-state index in [1.54, 1.807) is 22.8 Å². The van der Waals surface area contributed by atoms with E-state index in [0.717, 1.165) is 18.2 Å². The number of hydrogen-bond donors (Lipinski definition) is 1. The van der Waals surface area contributed by atoms with Crippen LogP contribution in [0, 0.1) is 5.92 Å². The van der Waals surface area contributed by atoms with E-state index in [0.29, 0.717) is 33.5 Å². The van der Waals surface area contributed by atoms with Crippen molar-refractivity contribution in [2.24, 2.45) is 5.92 Å². The first-order chi connectivity index (χ1) is 15.6. The van der Waals surface area contributed by atoms with Crippen LogP contribution in [-0.4, -0.2) is 27.5 Å². The Morgan fingerprint density at radius 3 is 2.73 bits per heavy atom. The number of hydrogen-bond acceptors (Lipinski definition) is 6. The molecule has 0 unspecified atom stereocenters. The zero-order valence-corrected chi connectivity index (χ0v) is 19.3. The molecule has 33 heavy (non-hydrogen) atoms. The Morgan fingerprint density at radius 1 is 1.21 bits per heavy atom. The molecule has 1 aromatic heterocycles. The Kier molecular flexibility index (Phi) is 6.49. The predicted octanol–water partition coefficient (Wildman–Crippen LogP) is 5.15. The third-order valence-electron chi connectivity index (χ3n) is 4.83. The third-order valence-corrected chi connectivity index (χ3v) is 6.04. The summed E-state index contributed by atoms with van der Waals surface area (Å²) in [6, 6.07) is 8.87. The number of alkyl halides is 2. The highest BCUT2D eigenvalue weighted by atomic mass is 35.5. The van der Waals surface area contributed by atoms with Crippen molar-refractivity contribution in [2.45, 2.75) is 38.3 Å². The van der Waals surface area contributed by atoms with Crippen LogP contribution in [0.5, 0.6) is 11.5 Å². The van der Waals surface area contributed by atoms with Crippen molar-refractivity contribution in [1.82, 2.24) is 9.55 Å². The standard InChI is InChI=1S/C22H20ClF2N3O4S/c1-12(2)7-8-28-20(30)15-5-3-13(23)9-16(15)27-21(28)33-11-19(29)26-14-4-6-17-18(10-14)32-22(24,25)31-17/h3-6,9-10,12H,7-8,11H2,1-2H3,(H,26,29). The molecule has 174 valence electrons. The van der Waals surface area contributed by atoms with Crippen molar-refractivity contribution in [1.29, 1.82) is 0 Å². The number of ether oxygens (including phenoxy) is 2. The molecule has 1 N–H and O–H groups in total. The van der Waals surface area contributed by atoms with Crippen LogP contribution in [0.15, 0.2) is 46.3 Å². The molecule has 1 aliphatic rings. The second kappa shape index (κ2) is 9.18. The van der Waals surface area contributed by atoms with Gasteiger partial charge in [0.15, 0.2) is 16.7 Å². The van der Waals surface area contributed by atoms with Crippen LogP contribution >= 0.6 is 23.4 Å². The van der Waals surface area contributed by atoms with E-state index in [2.05, 4.69) is 33.6 Å². The highest BCUT2D eigenvalue weighted by Crippen LogP contribution is 2.42. The molecule has 11 heteroatoms. The molecule has 1 amide bonds. The summed E-state index contributed by atoms with van der Waals surface area (Å²) in [5, 5.41) is 3.93. The van der Waals surface area contributed by atoms with E-state index in [1.807, 2.05) is 0 Å². The number of aromatic nitrogens is 2. The third kappa shape index (κ3) is 5.39. The minimum Gasteiger partial charge on any atom is -0.395 e. The maximum absolute atomic E-state index is 13.2. The lowest BCUT2D eigenvalue weighted by molar-refractivity contribution is -0.286. The Bertz CT molecular complexity index is 1280. The summed E-state index contributed by atoms with van der Waals surface area (Å²) in [6.45, 7) is 4.57. The molecule has 0 bridgehead atoms. The van der Waals surface area contributed by atoms with Gasteiger partial charge >= 0.3 is 6.29 Å². The van der Waals surface area contributed by atoms with Crippen molar-refractivity contribution in [2.75, 3.05) is 11.1 Å². The van der Waals surface area contributed by atoms with E-state index in [9.17, 15) is 18.4 Å². The van der Waals surface area contributed by atoms with Crippen molar-refractivity contribution in [3.05, 3.63) is 51.8 Å². The Hall–Kier alpha value is -2.85. The van der Waals surface area contributed by atoms with Gasteiger partial charge in [-0.1, -0.05) is 37.2 Å². The smallest absolute Gasteiger partial charge is 0.395 e. The number of carbonyl (C=O) groups excluding carboxylic acids is 1. The summed E-state index contributed by atoms with van der Waals surface area (Å²) in [7, 11) is 0. The molecule has 1 aliphatic heterocycles. The molecule has 0 fully saturated rings. The number of amides is 1. The second-order valence-electron chi connectivity index (χ2n) is 7.86. The van der Waals surface area contributed by atoms with E-state index in [4.69, 9.17) is 11.6 Å². The number of nitrogens with zero attached hydrogens (tertiary/aromatic N) is 2. The second-order valence-corrected chi connectivity index (χ2v) is 9.24. The monoisotopic (exact) mass is 495 g/mol. The van der Waals surface area contributed by atoms with E-state index in [-0.39, 0.29) is 28.5 Å². The van der Waals surface area contributed by atoms with Crippen LogP contribution < -0.4 is 20.3 Å². The summed E-state index contributed by atoms with van der Waals surface area (Å²) in [5.41, 5.74) is 0.529. The van der Waals surface area contributed by atoms with E-state index >= 15 is 0 Å². The number of benzene rings is 2. The van der Waals surface area contributed by atoms with Crippen LogP contribution in [0.3, 0.4) is 0 Å². The molecule has 7 nitrogen and oxygen atoms in total. The van der Waals surface area contributed by atoms with E-state index < -0.39 is 12.2 Å². The lowest BCUT2D eigenvalue weighted by Gasteiger charge is -2.14. The fraction of sp³-hybridized carbons (Fsp3) is 0.318. The molecule has 0 atom stereocenters. The average Bonchev–Trinajstić information content (AvgIpc) is 3.04. The molecule has 2 aromatic carbocycles. The number of rotatable bonds is 7. The van der Waals surface area contributed by atoms with E-state index in [1.165, 1.54) is 18.2 Å². The topological polar surface area (TPSA) is 82.5 Å². The largest absolute Gasteiger partial charge is 0.586 e. The van der Waals surface area contributed by atoms with Gasteiger partial charge in [0.2, 0.25) is 5.91 Å². The van der Waals surface area contributed by atoms with Crippen LogP contribution in [-0.2, 0) is 11.3 Å². The molecule has 0 aliphatic carbocycles. The Morgan fingerprint density at radius 2 is 1.97 bits per heavy atom. The SMILES string of the molecule is CC(C)CCn1c(SCC(=O)Nc2ccc3c(c2)OC(F)(F)O3)nc2cc(Cl)ccc2c1=O. The predicted molar refractivity (Wildman–Crippen MR) is 122 cm³/mol. The molecule has 0 spiro atoms. The molecule has 2 heterocycles. The molecular weight excluding hydrogens is 476 g/mol. The fourth-order valence-electron chi connectivity index (χ4n) is 3.22. The maximum atomic E-state index is 13.2. The van der Waals surface area contributed by atoms with Gasteiger partial charge in [0, 0.05) is 23.3 Å². The summed E-state index contributed by atoms with van der Waals surface area (Å²) in [4.78, 5) is 30.1. The fourth-order valence-corrected chi connectivity index (χ4v) is 4.21. The maximum Gasteiger partial charge on any atom is 0.586 e. The number of anilines is 1. The number of nitrogens with one attached hydrogen (secondary N) is 1. The van der Waals surface area contributed by atoms with Gasteiger partial charge in [-0.15, -0.1) is 8.78 Å². The lowest BCUT2D eigenvalue weighted by atomic mass is 10.1. The van der Waals surface area contributed by atoms with Crippen molar-refractivity contribution in [3.8, 4) is 11.5 Å². The first kappa shape index (κ1) is 23.3. The highest BCUT2D eigenvalue weighted by Gasteiger charge is 2.43. The number of carbonyl (C=O) groups is 1. The quantitative estimate of drug-likeness (QED) is 0.360. The molecule has 0 radical (unpaired) electrons. The zero-order chi connectivity index (χ0) is 23.8. The van der Waals surface area contributed by atoms with Gasteiger partial charge in [0.25, 0.3) is 5.56 Å². The normalized spacial score (nSPS) is 14.1. The van der Waals surface area contributed by atoms with Crippen LogP contribution in [0.1, 0.15) is 20.3 Å². The van der Waals surface area contributed by atoms with Gasteiger partial charge in [0.05, 0.1) is 16.7 Å². The summed E-state index contributed by atoms with van der Waals surface area (Å²) in [6.07, 6.45) is -2.96. The number of thioether (sulfide) groups is 1. The molecule has 0 saturated carbocycles. The van der Waals surface area contributed by atoms with Gasteiger partial charge in [-0.25, -0.2) is 4.98 Å². The average molecular weight is 496 g/mol. The zero-order valence-electron chi connectivity index (χ0n) is 17.7. The van der Waals surface area contributed by atoms with Crippen molar-refractivity contribution < 1.29 is 23.0 Å². The minimum atomic E-state index is -3.73. The first-order valence-electron chi connectivity index (χ1n) is 10.1. The molecular formula is C22H20ClF2N3O4S.